The number of benzene rings is 3. The first kappa shape index (κ1) is 25.3. The summed E-state index contributed by atoms with van der Waals surface area (Å²) in [6, 6.07) is 24.4. The fourth-order valence-corrected chi connectivity index (χ4v) is 4.00. The van der Waals surface area contributed by atoms with Gasteiger partial charge >= 0.3 is 5.97 Å². The average Bonchev–Trinajstić information content (AvgIpc) is 3.47. The molecule has 3 aromatic carbocycles. The molecule has 0 saturated carbocycles. The fraction of sp³-hybridized carbons (Fsp3) is 0.310. The molecule has 1 amide bonds. The van der Waals surface area contributed by atoms with E-state index in [2.05, 4.69) is 5.32 Å². The molecule has 1 aliphatic heterocycles. The molecule has 0 aromatic heterocycles. The van der Waals surface area contributed by atoms with Crippen LogP contribution in [0.5, 0.6) is 11.5 Å². The first-order chi connectivity index (χ1) is 17.6. The molecule has 0 radical (unpaired) electrons. The van der Waals surface area contributed by atoms with Gasteiger partial charge in [0.1, 0.15) is 25.4 Å². The minimum absolute atomic E-state index is 0.242. The minimum atomic E-state index is -0.843. The van der Waals surface area contributed by atoms with Gasteiger partial charge in [-0.05, 0) is 41.7 Å². The van der Waals surface area contributed by atoms with Crippen LogP contribution in [0.15, 0.2) is 78.9 Å². The van der Waals surface area contributed by atoms with Crippen LogP contribution in [0, 0.1) is 0 Å². The molecule has 4 rings (SSSR count). The number of methoxy groups -OCH3 is 1. The van der Waals surface area contributed by atoms with Gasteiger partial charge in [0.2, 0.25) is 5.91 Å². The molecule has 188 valence electrons. The monoisotopic (exact) mass is 489 g/mol. The van der Waals surface area contributed by atoms with Crippen LogP contribution in [-0.2, 0) is 38.7 Å². The van der Waals surface area contributed by atoms with Gasteiger partial charge in [0.05, 0.1) is 7.11 Å². The van der Waals surface area contributed by atoms with Crippen molar-refractivity contribution in [3.05, 3.63) is 95.6 Å². The van der Waals surface area contributed by atoms with Gasteiger partial charge in [0.25, 0.3) is 0 Å². The summed E-state index contributed by atoms with van der Waals surface area (Å²) in [7, 11) is 1.31. The second-order valence-electron chi connectivity index (χ2n) is 8.62. The number of esters is 1. The van der Waals surface area contributed by atoms with Crippen LogP contribution in [0.1, 0.15) is 29.5 Å². The average molecular weight is 490 g/mol. The van der Waals surface area contributed by atoms with E-state index in [0.29, 0.717) is 37.7 Å². The van der Waals surface area contributed by atoms with Crippen LogP contribution >= 0.6 is 0 Å². The van der Waals surface area contributed by atoms with Gasteiger partial charge < -0.3 is 24.3 Å². The van der Waals surface area contributed by atoms with Crippen molar-refractivity contribution in [2.24, 2.45) is 0 Å². The van der Waals surface area contributed by atoms with Crippen molar-refractivity contribution in [2.45, 2.75) is 44.6 Å². The van der Waals surface area contributed by atoms with Crippen LogP contribution in [0.4, 0.5) is 0 Å². The highest BCUT2D eigenvalue weighted by Crippen LogP contribution is 2.31. The molecule has 0 aliphatic carbocycles. The largest absolute Gasteiger partial charge is 0.485 e. The summed E-state index contributed by atoms with van der Waals surface area (Å²) in [5, 5.41) is 2.79. The van der Waals surface area contributed by atoms with E-state index < -0.39 is 18.1 Å². The molecule has 7 nitrogen and oxygen atoms in total. The number of nitrogens with one attached hydrogen (secondary N) is 1. The van der Waals surface area contributed by atoms with Crippen molar-refractivity contribution >= 4 is 11.9 Å². The quantitative estimate of drug-likeness (QED) is 0.406. The molecule has 2 atom stereocenters. The van der Waals surface area contributed by atoms with Gasteiger partial charge in [-0.25, -0.2) is 4.79 Å². The molecule has 1 aliphatic rings. The first-order valence-corrected chi connectivity index (χ1v) is 12.1. The molecule has 36 heavy (non-hydrogen) atoms. The standard InChI is InChI=1S/C29H31NO6/c1-33-29(32)24(30-28(31)26-13-8-16-34-26)17-23-14-15-25(35-19-21-9-4-2-5-10-21)27(18-23)36-20-22-11-6-3-7-12-22/h2-7,9-12,14-15,18,24,26H,8,13,16-17,19-20H2,1H3,(H,30,31)/t24-,26-/m1/s1. The Morgan fingerprint density at radius 2 is 1.53 bits per heavy atom. The van der Waals surface area contributed by atoms with Crippen molar-refractivity contribution in [3.8, 4) is 11.5 Å². The summed E-state index contributed by atoms with van der Waals surface area (Å²) in [4.78, 5) is 25.0. The van der Waals surface area contributed by atoms with Gasteiger partial charge in [-0.2, -0.15) is 0 Å². The zero-order chi connectivity index (χ0) is 25.2. The minimum Gasteiger partial charge on any atom is -0.485 e. The van der Waals surface area contributed by atoms with Crippen LogP contribution in [0.25, 0.3) is 0 Å². The number of ether oxygens (including phenoxy) is 4. The van der Waals surface area contributed by atoms with Gasteiger partial charge in [-0.3, -0.25) is 4.79 Å². The van der Waals surface area contributed by atoms with Crippen molar-refractivity contribution in [3.63, 3.8) is 0 Å². The van der Waals surface area contributed by atoms with Gasteiger partial charge in [0, 0.05) is 13.0 Å². The second kappa shape index (κ2) is 12.7. The maximum Gasteiger partial charge on any atom is 0.328 e. The lowest BCUT2D eigenvalue weighted by Crippen LogP contribution is -2.47. The summed E-state index contributed by atoms with van der Waals surface area (Å²) >= 11 is 0. The Balaban J connectivity index is 1.51. The Labute approximate surface area is 211 Å². The lowest BCUT2D eigenvalue weighted by atomic mass is 10.0. The van der Waals surface area contributed by atoms with E-state index in [9.17, 15) is 9.59 Å². The summed E-state index contributed by atoms with van der Waals surface area (Å²) in [6.45, 7) is 1.31. The smallest absolute Gasteiger partial charge is 0.328 e. The predicted molar refractivity (Wildman–Crippen MR) is 135 cm³/mol. The van der Waals surface area contributed by atoms with E-state index in [1.165, 1.54) is 7.11 Å². The zero-order valence-corrected chi connectivity index (χ0v) is 20.4. The highest BCUT2D eigenvalue weighted by molar-refractivity contribution is 5.87. The molecular formula is C29H31NO6. The third-order valence-corrected chi connectivity index (χ3v) is 5.95. The normalized spacial score (nSPS) is 15.6. The van der Waals surface area contributed by atoms with E-state index in [1.807, 2.05) is 78.9 Å². The van der Waals surface area contributed by atoms with Gasteiger partial charge in [-0.1, -0.05) is 66.7 Å². The summed E-state index contributed by atoms with van der Waals surface area (Å²) in [5.74, 6) is 0.335. The molecule has 1 N–H and O–H groups in total. The van der Waals surface area contributed by atoms with Crippen LogP contribution in [0.3, 0.4) is 0 Å². The summed E-state index contributed by atoms with van der Waals surface area (Å²) in [5.41, 5.74) is 2.86. The number of hydrogen-bond donors (Lipinski definition) is 1. The Kier molecular flexibility index (Phi) is 8.94. The highest BCUT2D eigenvalue weighted by Gasteiger charge is 2.29. The van der Waals surface area contributed by atoms with Crippen molar-refractivity contribution in [1.82, 2.24) is 5.32 Å². The molecule has 0 bridgehead atoms. The molecule has 7 heteroatoms. The maximum absolute atomic E-state index is 12.6. The van der Waals surface area contributed by atoms with Crippen molar-refractivity contribution < 1.29 is 28.5 Å². The topological polar surface area (TPSA) is 83.1 Å². The molecule has 1 fully saturated rings. The highest BCUT2D eigenvalue weighted by atomic mass is 16.5. The maximum atomic E-state index is 12.6. The third kappa shape index (κ3) is 7.09. The lowest BCUT2D eigenvalue weighted by molar-refractivity contribution is -0.146. The first-order valence-electron chi connectivity index (χ1n) is 12.1. The summed E-state index contributed by atoms with van der Waals surface area (Å²) < 4.78 is 22.6. The molecular weight excluding hydrogens is 458 g/mol. The van der Waals surface area contributed by atoms with E-state index in [1.54, 1.807) is 0 Å². The van der Waals surface area contributed by atoms with Gasteiger partial charge in [-0.15, -0.1) is 0 Å². The molecule has 0 spiro atoms. The van der Waals surface area contributed by atoms with E-state index in [4.69, 9.17) is 18.9 Å². The van der Waals surface area contributed by atoms with E-state index >= 15 is 0 Å². The number of carbonyl (C=O) groups excluding carboxylic acids is 2. The van der Waals surface area contributed by atoms with Crippen molar-refractivity contribution in [2.75, 3.05) is 13.7 Å². The predicted octanol–water partition coefficient (Wildman–Crippen LogP) is 4.22. The fourth-order valence-electron chi connectivity index (χ4n) is 4.00. The second-order valence-corrected chi connectivity index (χ2v) is 8.62. The Bertz CT molecular complexity index is 1130. The molecule has 0 unspecified atom stereocenters. The van der Waals surface area contributed by atoms with Crippen molar-refractivity contribution in [1.29, 1.82) is 0 Å². The SMILES string of the molecule is COC(=O)[C@@H](Cc1ccc(OCc2ccccc2)c(OCc2ccccc2)c1)NC(=O)[C@H]1CCCO1. The van der Waals surface area contributed by atoms with Crippen LogP contribution in [-0.4, -0.2) is 37.7 Å². The number of rotatable bonds is 11. The third-order valence-electron chi connectivity index (χ3n) is 5.95. The van der Waals surface area contributed by atoms with E-state index in [0.717, 1.165) is 23.1 Å². The number of carbonyl (C=O) groups is 2. The van der Waals surface area contributed by atoms with Gasteiger partial charge in [0.15, 0.2) is 11.5 Å². The Morgan fingerprint density at radius 3 is 2.11 bits per heavy atom. The zero-order valence-electron chi connectivity index (χ0n) is 20.4. The number of amides is 1. The summed E-state index contributed by atoms with van der Waals surface area (Å²) in [6.07, 6.45) is 1.18. The Morgan fingerprint density at radius 1 is 0.889 bits per heavy atom. The molecule has 3 aromatic rings. The van der Waals surface area contributed by atoms with Crippen LogP contribution < -0.4 is 14.8 Å². The Hall–Kier alpha value is -3.84. The number of hydrogen-bond acceptors (Lipinski definition) is 6. The molecule has 1 heterocycles. The van der Waals surface area contributed by atoms with E-state index in [-0.39, 0.29) is 12.3 Å². The van der Waals surface area contributed by atoms with Crippen LogP contribution in [0.2, 0.25) is 0 Å². The molecule has 1 saturated heterocycles. The lowest BCUT2D eigenvalue weighted by Gasteiger charge is -2.20.